The Bertz CT molecular complexity index is 1710. The number of hydrogen-bond donors (Lipinski definition) is 6. The van der Waals surface area contributed by atoms with E-state index < -0.39 is 30.1 Å². The predicted octanol–water partition coefficient (Wildman–Crippen LogP) is 4.79. The van der Waals surface area contributed by atoms with Gasteiger partial charge in [0.1, 0.15) is 12.1 Å². The second-order valence-electron chi connectivity index (χ2n) is 14.4. The van der Waals surface area contributed by atoms with Crippen LogP contribution in [0.25, 0.3) is 10.2 Å². The number of benzene rings is 2. The molecule has 3 heterocycles. The molecule has 4 aromatic rings. The van der Waals surface area contributed by atoms with Gasteiger partial charge >= 0.3 is 6.03 Å². The molecule has 2 aromatic heterocycles. The molecule has 7 N–H and O–H groups in total. The van der Waals surface area contributed by atoms with Crippen molar-refractivity contribution >= 4 is 51.2 Å². The minimum absolute atomic E-state index is 0.0574. The lowest BCUT2D eigenvalue weighted by atomic mass is 9.83. The number of nitrogens with zero attached hydrogens (tertiary/aromatic N) is 3. The van der Waals surface area contributed by atoms with Crippen molar-refractivity contribution in [2.24, 2.45) is 11.7 Å². The zero-order valence-electron chi connectivity index (χ0n) is 30.1. The second kappa shape index (κ2) is 19.4. The Hall–Kier alpha value is -3.98. The Morgan fingerprint density at radius 3 is 2.38 bits per heavy atom. The Morgan fingerprint density at radius 1 is 0.925 bits per heavy atom. The molecule has 4 amide bonds. The number of carbonyl (C=O) groups is 3. The third-order valence-corrected chi connectivity index (χ3v) is 12.6. The first-order chi connectivity index (χ1) is 25.8. The number of thioether (sulfide) groups is 1. The van der Waals surface area contributed by atoms with Crippen LogP contribution in [0.15, 0.2) is 71.5 Å². The van der Waals surface area contributed by atoms with Crippen LogP contribution in [-0.2, 0) is 22.4 Å². The molecule has 2 aliphatic rings. The van der Waals surface area contributed by atoms with E-state index in [9.17, 15) is 19.5 Å². The highest BCUT2D eigenvalue weighted by Gasteiger charge is 2.33. The van der Waals surface area contributed by atoms with Crippen molar-refractivity contribution in [3.05, 3.63) is 78.4 Å². The molecule has 1 aliphatic heterocycles. The summed E-state index contributed by atoms with van der Waals surface area (Å²) in [5, 5.41) is 20.7. The number of amides is 4. The first kappa shape index (κ1) is 38.7. The van der Waals surface area contributed by atoms with E-state index in [1.807, 2.05) is 48.5 Å². The van der Waals surface area contributed by atoms with E-state index in [1.165, 1.54) is 12.7 Å². The van der Waals surface area contributed by atoms with E-state index in [1.54, 1.807) is 34.2 Å². The Labute approximate surface area is 319 Å². The number of rotatable bonds is 16. The average molecular weight is 761 g/mol. The molecule has 0 unspecified atom stereocenters. The number of likely N-dealkylation sites (tertiary alicyclic amines) is 1. The maximum absolute atomic E-state index is 14.2. The number of nitrogens with one attached hydrogen (secondary N) is 4. The van der Waals surface area contributed by atoms with Gasteiger partial charge in [-0.3, -0.25) is 9.59 Å². The smallest absolute Gasteiger partial charge is 0.318 e. The number of para-hydroxylation sites is 1. The fourth-order valence-corrected chi connectivity index (χ4v) is 9.41. The van der Waals surface area contributed by atoms with Gasteiger partial charge in [-0.25, -0.2) is 14.8 Å². The van der Waals surface area contributed by atoms with Gasteiger partial charge in [-0.15, -0.1) is 11.3 Å². The number of fused-ring (bicyclic) bond motifs is 1. The summed E-state index contributed by atoms with van der Waals surface area (Å²) in [4.78, 5) is 55.3. The summed E-state index contributed by atoms with van der Waals surface area (Å²) in [6.07, 6.45) is 11.0. The largest absolute Gasteiger partial charge is 0.391 e. The Morgan fingerprint density at radius 2 is 1.64 bits per heavy atom. The van der Waals surface area contributed by atoms with E-state index in [-0.39, 0.29) is 30.8 Å². The molecule has 0 radical (unpaired) electrons. The van der Waals surface area contributed by atoms with Gasteiger partial charge in [-0.05, 0) is 49.3 Å². The number of thiazole rings is 1. The molecule has 284 valence electrons. The lowest BCUT2D eigenvalue weighted by molar-refractivity contribution is -0.130. The van der Waals surface area contributed by atoms with Crippen LogP contribution in [0.3, 0.4) is 0 Å². The van der Waals surface area contributed by atoms with E-state index in [0.717, 1.165) is 45.8 Å². The van der Waals surface area contributed by atoms with Crippen molar-refractivity contribution in [2.45, 2.75) is 105 Å². The molecular weight excluding hydrogens is 709 g/mol. The molecule has 0 bridgehead atoms. The fraction of sp³-hybridized carbons (Fsp3) is 0.513. The number of aliphatic hydroxyl groups excluding tert-OH is 1. The standard InChI is InChI=1S/C39H52N8O4S2/c40-28-15-18-47(19-16-28)38(51)45-32(22-27-11-5-2-6-12-27)36(49)44-33(23-29-24-41-25-42-29)37(50)43-31(21-26-9-3-1-4-10-26)34(48)17-20-52-39-46-30-13-7-8-14-35(30)53-39/h2,5-8,11-14,24-26,28,31-34,48H,1,3-4,9-10,15-23,40H2,(H,41,42)(H,43,50)(H,44,49)(H,45,51)/t31-,32-,33-,34-/m0/s1. The van der Waals surface area contributed by atoms with E-state index in [0.29, 0.717) is 56.1 Å². The molecule has 0 spiro atoms. The third-order valence-electron chi connectivity index (χ3n) is 10.4. The predicted molar refractivity (Wildman–Crippen MR) is 210 cm³/mol. The summed E-state index contributed by atoms with van der Waals surface area (Å²) < 4.78 is 2.08. The normalized spacial score (nSPS) is 17.9. The average Bonchev–Trinajstić information content (AvgIpc) is 3.85. The molecule has 1 aliphatic carbocycles. The summed E-state index contributed by atoms with van der Waals surface area (Å²) in [6, 6.07) is 14.9. The molecule has 1 saturated carbocycles. The van der Waals surface area contributed by atoms with Gasteiger partial charge in [0.2, 0.25) is 11.8 Å². The molecule has 1 saturated heterocycles. The van der Waals surface area contributed by atoms with Crippen LogP contribution in [0.1, 0.15) is 69.0 Å². The monoisotopic (exact) mass is 760 g/mol. The summed E-state index contributed by atoms with van der Waals surface area (Å²) >= 11 is 3.26. The van der Waals surface area contributed by atoms with Crippen molar-refractivity contribution in [3.8, 4) is 0 Å². The zero-order valence-corrected chi connectivity index (χ0v) is 31.8. The first-order valence-corrected chi connectivity index (χ1v) is 20.7. The summed E-state index contributed by atoms with van der Waals surface area (Å²) in [5.41, 5.74) is 8.59. The van der Waals surface area contributed by atoms with Crippen LogP contribution in [-0.4, -0.2) is 91.9 Å². The number of nitrogens with two attached hydrogens (primary N) is 1. The number of aromatic nitrogens is 3. The number of urea groups is 1. The van der Waals surface area contributed by atoms with Gasteiger partial charge < -0.3 is 36.7 Å². The SMILES string of the molecule is NC1CCN(C(=O)N[C@@H](Cc2ccccc2)C(=O)N[C@@H](Cc2cnc[nH]2)C(=O)N[C@@H](CC2CCCCC2)[C@@H](O)CCSc2nc3ccccc3s2)CC1. The van der Waals surface area contributed by atoms with Gasteiger partial charge in [0.15, 0.2) is 4.34 Å². The van der Waals surface area contributed by atoms with Crippen LogP contribution in [0.4, 0.5) is 4.79 Å². The van der Waals surface area contributed by atoms with Gasteiger partial charge in [0.25, 0.3) is 0 Å². The lowest BCUT2D eigenvalue weighted by Crippen LogP contribution is -2.59. The van der Waals surface area contributed by atoms with Crippen molar-refractivity contribution in [2.75, 3.05) is 18.8 Å². The van der Waals surface area contributed by atoms with Crippen LogP contribution < -0.4 is 21.7 Å². The second-order valence-corrected chi connectivity index (χ2v) is 16.7. The third kappa shape index (κ3) is 11.5. The van der Waals surface area contributed by atoms with Crippen LogP contribution >= 0.6 is 23.1 Å². The van der Waals surface area contributed by atoms with E-state index in [4.69, 9.17) is 10.7 Å². The number of H-pyrrole nitrogens is 1. The van der Waals surface area contributed by atoms with Crippen LogP contribution in [0, 0.1) is 5.92 Å². The maximum atomic E-state index is 14.2. The number of carbonyl (C=O) groups excluding carboxylic acids is 3. The number of aromatic amines is 1. The number of aliphatic hydroxyl groups is 1. The zero-order chi connectivity index (χ0) is 37.0. The summed E-state index contributed by atoms with van der Waals surface area (Å²) in [6.45, 7) is 1.03. The molecule has 2 fully saturated rings. The minimum Gasteiger partial charge on any atom is -0.391 e. The molecule has 53 heavy (non-hydrogen) atoms. The highest BCUT2D eigenvalue weighted by molar-refractivity contribution is 8.01. The van der Waals surface area contributed by atoms with Crippen LogP contribution in [0.5, 0.6) is 0 Å². The molecule has 4 atom stereocenters. The molecule has 12 nitrogen and oxygen atoms in total. The van der Waals surface area contributed by atoms with Crippen molar-refractivity contribution < 1.29 is 19.5 Å². The quantitative estimate of drug-likeness (QED) is 0.0884. The Balaban J connectivity index is 1.15. The number of imidazole rings is 1. The lowest BCUT2D eigenvalue weighted by Gasteiger charge is -2.33. The number of hydrogen-bond acceptors (Lipinski definition) is 9. The summed E-state index contributed by atoms with van der Waals surface area (Å²) in [7, 11) is 0. The van der Waals surface area contributed by atoms with Gasteiger partial charge in [-0.1, -0.05) is 86.3 Å². The molecule has 14 heteroatoms. The van der Waals surface area contributed by atoms with Gasteiger partial charge in [0.05, 0.1) is 28.7 Å². The fourth-order valence-electron chi connectivity index (χ4n) is 7.26. The maximum Gasteiger partial charge on any atom is 0.318 e. The van der Waals surface area contributed by atoms with E-state index in [2.05, 4.69) is 32.0 Å². The molecule has 2 aromatic carbocycles. The van der Waals surface area contributed by atoms with Crippen molar-refractivity contribution in [1.82, 2.24) is 35.8 Å². The molecule has 6 rings (SSSR count). The van der Waals surface area contributed by atoms with Crippen molar-refractivity contribution in [3.63, 3.8) is 0 Å². The highest BCUT2D eigenvalue weighted by atomic mass is 32.2. The molecular formula is C39H52N8O4S2. The minimum atomic E-state index is -0.982. The highest BCUT2D eigenvalue weighted by Crippen LogP contribution is 2.31. The van der Waals surface area contributed by atoms with E-state index >= 15 is 0 Å². The first-order valence-electron chi connectivity index (χ1n) is 18.9. The topological polar surface area (TPSA) is 178 Å². The van der Waals surface area contributed by atoms with Crippen LogP contribution in [0.2, 0.25) is 0 Å². The van der Waals surface area contributed by atoms with Crippen molar-refractivity contribution in [1.29, 1.82) is 0 Å². The summed E-state index contributed by atoms with van der Waals surface area (Å²) in [5.74, 6) is 0.195. The number of piperidine rings is 1. The van der Waals surface area contributed by atoms with Gasteiger partial charge in [0, 0.05) is 49.6 Å². The van der Waals surface area contributed by atoms with Gasteiger partial charge in [-0.2, -0.15) is 0 Å². The Kier molecular flexibility index (Phi) is 14.2.